The van der Waals surface area contributed by atoms with Crippen LogP contribution in [0.5, 0.6) is 0 Å². The molecule has 26 heavy (non-hydrogen) atoms. The first kappa shape index (κ1) is 16.3. The first-order chi connectivity index (χ1) is 12.8. The fraction of sp³-hybridized carbons (Fsp3) is 0.0870. The molecule has 0 amide bonds. The quantitative estimate of drug-likeness (QED) is 0.578. The number of aromatic nitrogens is 2. The van der Waals surface area contributed by atoms with Gasteiger partial charge in [0.25, 0.3) is 0 Å². The minimum Gasteiger partial charge on any atom is -0.324 e. The Labute approximate surface area is 153 Å². The Bertz CT molecular complexity index is 971. The molecule has 2 N–H and O–H groups in total. The number of imidazole rings is 1. The van der Waals surface area contributed by atoms with Crippen LogP contribution < -0.4 is 5.73 Å². The van der Waals surface area contributed by atoms with Crippen LogP contribution in [-0.2, 0) is 13.0 Å². The molecule has 0 bridgehead atoms. The smallest absolute Gasteiger partial charge is 0.127 e. The zero-order valence-electron chi connectivity index (χ0n) is 14.5. The van der Waals surface area contributed by atoms with Crippen molar-refractivity contribution in [1.82, 2.24) is 9.55 Å². The van der Waals surface area contributed by atoms with E-state index >= 15 is 0 Å². The van der Waals surface area contributed by atoms with Gasteiger partial charge in [-0.05, 0) is 29.7 Å². The molecule has 0 saturated heterocycles. The second-order valence-corrected chi connectivity index (χ2v) is 6.31. The Morgan fingerprint density at radius 1 is 0.731 bits per heavy atom. The normalized spacial score (nSPS) is 10.8. The van der Waals surface area contributed by atoms with E-state index in [0.29, 0.717) is 6.54 Å². The molecular weight excluding hydrogens is 318 g/mol. The van der Waals surface area contributed by atoms with E-state index in [4.69, 9.17) is 10.7 Å². The molecule has 1 aromatic heterocycles. The van der Waals surface area contributed by atoms with Crippen LogP contribution in [0.15, 0.2) is 91.1 Å². The minimum atomic E-state index is 0.401. The summed E-state index contributed by atoms with van der Waals surface area (Å²) >= 11 is 0. The van der Waals surface area contributed by atoms with E-state index in [-0.39, 0.29) is 0 Å². The molecule has 4 aromatic rings. The van der Waals surface area contributed by atoms with Crippen molar-refractivity contribution in [2.24, 2.45) is 5.73 Å². The Hall–Kier alpha value is -3.17. The van der Waals surface area contributed by atoms with E-state index in [0.717, 1.165) is 29.2 Å². The van der Waals surface area contributed by atoms with Crippen LogP contribution in [0.1, 0.15) is 17.0 Å². The van der Waals surface area contributed by atoms with Crippen molar-refractivity contribution in [3.05, 3.63) is 108 Å². The topological polar surface area (TPSA) is 43.8 Å². The van der Waals surface area contributed by atoms with Crippen LogP contribution in [-0.4, -0.2) is 9.55 Å². The van der Waals surface area contributed by atoms with Crippen molar-refractivity contribution < 1.29 is 0 Å². The van der Waals surface area contributed by atoms with E-state index in [1.54, 1.807) is 0 Å². The summed E-state index contributed by atoms with van der Waals surface area (Å²) in [5.74, 6) is 0.861. The van der Waals surface area contributed by atoms with Crippen molar-refractivity contribution in [3.63, 3.8) is 0 Å². The molecule has 0 aliphatic carbocycles. The average molecular weight is 339 g/mol. The Kier molecular flexibility index (Phi) is 4.63. The molecule has 1 heterocycles. The summed E-state index contributed by atoms with van der Waals surface area (Å²) in [4.78, 5) is 4.70. The van der Waals surface area contributed by atoms with Crippen molar-refractivity contribution in [1.29, 1.82) is 0 Å². The lowest BCUT2D eigenvalue weighted by molar-refractivity contribution is 0.867. The Balaban J connectivity index is 1.62. The number of hydrogen-bond donors (Lipinski definition) is 1. The average Bonchev–Trinajstić information content (AvgIpc) is 3.15. The summed E-state index contributed by atoms with van der Waals surface area (Å²) < 4.78 is 2.08. The molecule has 4 rings (SSSR count). The zero-order valence-corrected chi connectivity index (χ0v) is 14.5. The summed E-state index contributed by atoms with van der Waals surface area (Å²) in [7, 11) is 0. The molecular formula is C23H21N3. The monoisotopic (exact) mass is 339 g/mol. The fourth-order valence-corrected chi connectivity index (χ4v) is 3.14. The van der Waals surface area contributed by atoms with Gasteiger partial charge < -0.3 is 10.3 Å². The van der Waals surface area contributed by atoms with Crippen LogP contribution in [0.3, 0.4) is 0 Å². The molecule has 0 saturated carbocycles. The van der Waals surface area contributed by atoms with Crippen LogP contribution in [0, 0.1) is 0 Å². The summed E-state index contributed by atoms with van der Waals surface area (Å²) in [6.45, 7) is 0.401. The van der Waals surface area contributed by atoms with Crippen LogP contribution in [0.4, 0.5) is 0 Å². The van der Waals surface area contributed by atoms with Gasteiger partial charge in [-0.25, -0.2) is 4.98 Å². The summed E-state index contributed by atoms with van der Waals surface area (Å²) in [5.41, 5.74) is 11.7. The van der Waals surface area contributed by atoms with Gasteiger partial charge in [-0.3, -0.25) is 0 Å². The molecule has 0 aliphatic rings. The van der Waals surface area contributed by atoms with Crippen molar-refractivity contribution >= 4 is 0 Å². The van der Waals surface area contributed by atoms with Gasteiger partial charge in [-0.2, -0.15) is 0 Å². The SMILES string of the molecule is NCc1nc(-c2ccccc2)cn1-c1ccc(Cc2ccccc2)cc1. The van der Waals surface area contributed by atoms with Gasteiger partial charge in [0, 0.05) is 17.4 Å². The lowest BCUT2D eigenvalue weighted by Crippen LogP contribution is -2.06. The maximum atomic E-state index is 5.93. The molecule has 0 fully saturated rings. The lowest BCUT2D eigenvalue weighted by atomic mass is 10.0. The number of benzene rings is 3. The van der Waals surface area contributed by atoms with Crippen molar-refractivity contribution in [2.45, 2.75) is 13.0 Å². The lowest BCUT2D eigenvalue weighted by Gasteiger charge is -2.08. The van der Waals surface area contributed by atoms with Gasteiger partial charge in [0.2, 0.25) is 0 Å². The fourth-order valence-electron chi connectivity index (χ4n) is 3.14. The van der Waals surface area contributed by atoms with E-state index in [1.807, 2.05) is 24.3 Å². The van der Waals surface area contributed by atoms with Gasteiger partial charge in [0.1, 0.15) is 5.82 Å². The number of hydrogen-bond acceptors (Lipinski definition) is 2. The standard InChI is InChI=1S/C23H21N3/c24-16-23-25-22(20-9-5-2-6-10-20)17-26(23)21-13-11-19(12-14-21)15-18-7-3-1-4-8-18/h1-14,17H,15-16,24H2. The highest BCUT2D eigenvalue weighted by Crippen LogP contribution is 2.22. The summed E-state index contributed by atoms with van der Waals surface area (Å²) in [5, 5.41) is 0. The molecule has 128 valence electrons. The molecule has 0 aliphatic heterocycles. The van der Waals surface area contributed by atoms with Gasteiger partial charge in [0.15, 0.2) is 0 Å². The van der Waals surface area contributed by atoms with Crippen LogP contribution >= 0.6 is 0 Å². The Morgan fingerprint density at radius 2 is 1.35 bits per heavy atom. The maximum absolute atomic E-state index is 5.93. The van der Waals surface area contributed by atoms with Crippen LogP contribution in [0.25, 0.3) is 16.9 Å². The molecule has 3 heteroatoms. The number of nitrogens with zero attached hydrogens (tertiary/aromatic N) is 2. The molecule has 0 spiro atoms. The summed E-state index contributed by atoms with van der Waals surface area (Å²) in [6, 6.07) is 29.3. The van der Waals surface area contributed by atoms with Gasteiger partial charge in [-0.15, -0.1) is 0 Å². The van der Waals surface area contributed by atoms with Crippen LogP contribution in [0.2, 0.25) is 0 Å². The molecule has 3 aromatic carbocycles. The number of nitrogens with two attached hydrogens (primary N) is 1. The third-order valence-electron chi connectivity index (χ3n) is 4.50. The molecule has 0 radical (unpaired) electrons. The van der Waals surface area contributed by atoms with Crippen molar-refractivity contribution in [2.75, 3.05) is 0 Å². The van der Waals surface area contributed by atoms with E-state index in [9.17, 15) is 0 Å². The Morgan fingerprint density at radius 3 is 2.00 bits per heavy atom. The first-order valence-electron chi connectivity index (χ1n) is 8.80. The third kappa shape index (κ3) is 3.44. The maximum Gasteiger partial charge on any atom is 0.127 e. The highest BCUT2D eigenvalue weighted by Gasteiger charge is 2.10. The first-order valence-corrected chi connectivity index (χ1v) is 8.80. The molecule has 0 unspecified atom stereocenters. The highest BCUT2D eigenvalue weighted by atomic mass is 15.1. The molecule has 3 nitrogen and oxygen atoms in total. The van der Waals surface area contributed by atoms with Gasteiger partial charge in [0.05, 0.1) is 12.2 Å². The second-order valence-electron chi connectivity index (χ2n) is 6.31. The predicted octanol–water partition coefficient (Wildman–Crippen LogP) is 4.59. The van der Waals surface area contributed by atoms with E-state index < -0.39 is 0 Å². The zero-order chi connectivity index (χ0) is 17.8. The largest absolute Gasteiger partial charge is 0.324 e. The number of rotatable bonds is 5. The molecule has 0 atom stereocenters. The minimum absolute atomic E-state index is 0.401. The third-order valence-corrected chi connectivity index (χ3v) is 4.50. The van der Waals surface area contributed by atoms with E-state index in [2.05, 4.69) is 71.4 Å². The predicted molar refractivity (Wildman–Crippen MR) is 106 cm³/mol. The van der Waals surface area contributed by atoms with Crippen molar-refractivity contribution in [3.8, 4) is 16.9 Å². The highest BCUT2D eigenvalue weighted by molar-refractivity contribution is 5.59. The van der Waals surface area contributed by atoms with E-state index in [1.165, 1.54) is 11.1 Å². The second kappa shape index (κ2) is 7.38. The van der Waals surface area contributed by atoms with Gasteiger partial charge in [-0.1, -0.05) is 72.8 Å². The summed E-state index contributed by atoms with van der Waals surface area (Å²) in [6.07, 6.45) is 2.99. The van der Waals surface area contributed by atoms with Gasteiger partial charge >= 0.3 is 0 Å².